The van der Waals surface area contributed by atoms with Crippen LogP contribution in [0.3, 0.4) is 0 Å². The van der Waals surface area contributed by atoms with Crippen LogP contribution < -0.4 is 0 Å². The van der Waals surface area contributed by atoms with Gasteiger partial charge in [0.2, 0.25) is 0 Å². The van der Waals surface area contributed by atoms with Crippen molar-refractivity contribution in [1.82, 2.24) is 0 Å². The van der Waals surface area contributed by atoms with E-state index >= 15 is 0 Å². The van der Waals surface area contributed by atoms with Gasteiger partial charge in [-0.2, -0.15) is 0 Å². The zero-order chi connectivity index (χ0) is 2.71. The molecule has 2 heteroatoms. The van der Waals surface area contributed by atoms with Gasteiger partial charge in [-0.3, -0.25) is 0 Å². The van der Waals surface area contributed by atoms with Gasteiger partial charge in [-0.15, -0.1) is 11.6 Å². The summed E-state index contributed by atoms with van der Waals surface area (Å²) in [6.07, 6.45) is 0. The van der Waals surface area contributed by atoms with E-state index in [1.165, 1.54) is 0 Å². The predicted molar refractivity (Wildman–Crippen MR) is 22.1 cm³/mol. The fraction of sp³-hybridized carbons (Fsp3) is 1.00. The monoisotopic (exact) mass is 91.0 g/mol. The van der Waals surface area contributed by atoms with Gasteiger partial charge in [-0.05, 0) is 0 Å². The van der Waals surface area contributed by atoms with Crippen LogP contribution >= 0.6 is 11.6 Å². The smallest absolute Gasteiger partial charge is 0.0195 e. The highest BCUT2D eigenvalue weighted by Gasteiger charge is 1.38. The molecule has 0 aromatic rings. The molecule has 0 aromatic carbocycles. The topological polar surface area (TPSA) is 0 Å². The zero-order valence-corrected chi connectivity index (χ0v) is 4.57. The number of halogens is 1. The summed E-state index contributed by atoms with van der Waals surface area (Å²) in [4.78, 5) is 0. The molecule has 4 heavy (non-hydrogen) atoms. The Morgan fingerprint density at radius 3 is 1.75 bits per heavy atom. The molecule has 0 aromatic heterocycles. The first-order valence-electron chi connectivity index (χ1n) is 0.974. The highest BCUT2D eigenvalue weighted by Crippen LogP contribution is 1.59. The van der Waals surface area contributed by atoms with Gasteiger partial charge in [0.25, 0.3) is 0 Å². The van der Waals surface area contributed by atoms with Gasteiger partial charge in [0.05, 0.1) is 0 Å². The first kappa shape index (κ1) is 8.85. The van der Waals surface area contributed by atoms with Gasteiger partial charge in [0.1, 0.15) is 0 Å². The van der Waals surface area contributed by atoms with Crippen LogP contribution in [-0.2, 0) is 0 Å². The Balaban J connectivity index is 0. The minimum absolute atomic E-state index is 0. The highest BCUT2D eigenvalue weighted by molar-refractivity contribution is 6.17. The summed E-state index contributed by atoms with van der Waals surface area (Å²) >= 11 is 5.00. The summed E-state index contributed by atoms with van der Waals surface area (Å²) in [6.45, 7) is 1.89. The Morgan fingerprint density at radius 2 is 1.75 bits per heavy atom. The third-order valence-corrected chi connectivity index (χ3v) is 0. The highest BCUT2D eigenvalue weighted by atomic mass is 35.5. The van der Waals surface area contributed by atoms with E-state index in [-0.39, 0.29) is 17.4 Å². The quantitative estimate of drug-likeness (QED) is 0.307. The van der Waals surface area contributed by atoms with Crippen LogP contribution in [0.1, 0.15) is 6.92 Å². The minimum atomic E-state index is 0. The second-order valence-electron chi connectivity index (χ2n) is 0.267. The number of hydrogen-bond donors (Lipinski definition) is 0. The SMILES string of the molecule is CCCl.[Al]. The van der Waals surface area contributed by atoms with Crippen molar-refractivity contribution in [1.29, 1.82) is 0 Å². The largest absolute Gasteiger partial charge is 0.127 e. The van der Waals surface area contributed by atoms with Crippen LogP contribution in [0.2, 0.25) is 0 Å². The van der Waals surface area contributed by atoms with E-state index in [0.717, 1.165) is 5.88 Å². The number of rotatable bonds is 0. The number of alkyl halides is 1. The molecule has 0 bridgehead atoms. The van der Waals surface area contributed by atoms with Crippen molar-refractivity contribution in [3.63, 3.8) is 0 Å². The van der Waals surface area contributed by atoms with Crippen molar-refractivity contribution < 1.29 is 0 Å². The summed E-state index contributed by atoms with van der Waals surface area (Å²) in [7, 11) is 0. The number of hydrogen-bond acceptors (Lipinski definition) is 0. The van der Waals surface area contributed by atoms with E-state index in [4.69, 9.17) is 11.6 Å². The molecular formula is C2H5AlCl. The summed E-state index contributed by atoms with van der Waals surface area (Å²) in [5.41, 5.74) is 0. The van der Waals surface area contributed by atoms with Gasteiger partial charge < -0.3 is 0 Å². The molecule has 23 valence electrons. The first-order valence-corrected chi connectivity index (χ1v) is 1.51. The normalized spacial score (nSPS) is 4.50. The molecule has 0 spiro atoms. The third kappa shape index (κ3) is 13.9. The Hall–Kier alpha value is 0.822. The molecule has 0 aliphatic heterocycles. The van der Waals surface area contributed by atoms with Crippen LogP contribution in [0.25, 0.3) is 0 Å². The molecule has 0 heterocycles. The maximum absolute atomic E-state index is 5.00. The zero-order valence-electron chi connectivity index (χ0n) is 2.66. The lowest BCUT2D eigenvalue weighted by atomic mass is 11.0. The van der Waals surface area contributed by atoms with Crippen molar-refractivity contribution in [2.75, 3.05) is 5.88 Å². The Bertz CT molecular complexity index is 6.00. The van der Waals surface area contributed by atoms with Crippen molar-refractivity contribution in [2.45, 2.75) is 6.92 Å². The molecule has 0 N–H and O–H groups in total. The first-order chi connectivity index (χ1) is 1.41. The maximum atomic E-state index is 5.00. The minimum Gasteiger partial charge on any atom is -0.127 e. The van der Waals surface area contributed by atoms with Crippen molar-refractivity contribution in [2.24, 2.45) is 0 Å². The lowest BCUT2D eigenvalue weighted by Gasteiger charge is -1.45. The van der Waals surface area contributed by atoms with Gasteiger partial charge in [-0.25, -0.2) is 0 Å². The summed E-state index contributed by atoms with van der Waals surface area (Å²) in [5.74, 6) is 0.722. The van der Waals surface area contributed by atoms with E-state index < -0.39 is 0 Å². The summed E-state index contributed by atoms with van der Waals surface area (Å²) in [5, 5.41) is 0. The van der Waals surface area contributed by atoms with Crippen LogP contribution in [0.4, 0.5) is 0 Å². The fourth-order valence-electron chi connectivity index (χ4n) is 0. The molecule has 0 rings (SSSR count). The van der Waals surface area contributed by atoms with Gasteiger partial charge in [-0.1, -0.05) is 6.92 Å². The fourth-order valence-corrected chi connectivity index (χ4v) is 0. The predicted octanol–water partition coefficient (Wildman–Crippen LogP) is 0.864. The van der Waals surface area contributed by atoms with Gasteiger partial charge in [0, 0.05) is 23.2 Å². The third-order valence-electron chi connectivity index (χ3n) is 0. The van der Waals surface area contributed by atoms with Crippen molar-refractivity contribution in [3.05, 3.63) is 0 Å². The van der Waals surface area contributed by atoms with Crippen LogP contribution in [-0.4, -0.2) is 23.2 Å². The Kier molecular flexibility index (Phi) is 20.3. The summed E-state index contributed by atoms with van der Waals surface area (Å²) in [6, 6.07) is 0. The molecule has 3 radical (unpaired) electrons. The van der Waals surface area contributed by atoms with E-state index in [2.05, 4.69) is 0 Å². The molecule has 0 amide bonds. The second kappa shape index (κ2) is 9.17. The summed E-state index contributed by atoms with van der Waals surface area (Å²) < 4.78 is 0. The van der Waals surface area contributed by atoms with Crippen LogP contribution in [0, 0.1) is 0 Å². The molecule has 0 saturated carbocycles. The lowest BCUT2D eigenvalue weighted by Crippen LogP contribution is -1.36. The van der Waals surface area contributed by atoms with E-state index in [0.29, 0.717) is 0 Å². The van der Waals surface area contributed by atoms with Crippen molar-refractivity contribution >= 4 is 29.0 Å². The molecule has 0 aliphatic rings. The standard InChI is InChI=1S/C2H5Cl.Al/c1-2-3;/h2H2,1H3;. The van der Waals surface area contributed by atoms with Gasteiger partial charge in [0.15, 0.2) is 0 Å². The molecule has 0 saturated heterocycles. The Morgan fingerprint density at radius 1 is 1.75 bits per heavy atom. The van der Waals surface area contributed by atoms with Gasteiger partial charge >= 0.3 is 0 Å². The van der Waals surface area contributed by atoms with Crippen LogP contribution in [0.5, 0.6) is 0 Å². The average Bonchev–Trinajstić information content (AvgIpc) is 0.918. The van der Waals surface area contributed by atoms with Crippen molar-refractivity contribution in [3.8, 4) is 0 Å². The second-order valence-corrected chi connectivity index (χ2v) is 0.802. The van der Waals surface area contributed by atoms with E-state index in [1.54, 1.807) is 0 Å². The average molecular weight is 91.5 g/mol. The molecule has 0 unspecified atom stereocenters. The lowest BCUT2D eigenvalue weighted by molar-refractivity contribution is 1.51. The molecule has 0 fully saturated rings. The van der Waals surface area contributed by atoms with E-state index in [1.807, 2.05) is 6.92 Å². The molecular weight excluding hydrogens is 86.5 g/mol. The Labute approximate surface area is 42.3 Å². The molecule has 0 aliphatic carbocycles. The molecule has 0 nitrogen and oxygen atoms in total. The molecule has 0 atom stereocenters. The maximum Gasteiger partial charge on any atom is 0.0195 e. The van der Waals surface area contributed by atoms with E-state index in [9.17, 15) is 0 Å². The van der Waals surface area contributed by atoms with Crippen LogP contribution in [0.15, 0.2) is 0 Å².